The second-order valence-electron chi connectivity index (χ2n) is 7.78. The first-order valence-corrected chi connectivity index (χ1v) is 10.4. The van der Waals surface area contributed by atoms with E-state index in [1.165, 1.54) is 0 Å². The highest BCUT2D eigenvalue weighted by Crippen LogP contribution is 2.44. The van der Waals surface area contributed by atoms with Crippen LogP contribution in [0.1, 0.15) is 22.6 Å². The van der Waals surface area contributed by atoms with Gasteiger partial charge in [-0.2, -0.15) is 0 Å². The second kappa shape index (κ2) is 8.19. The summed E-state index contributed by atoms with van der Waals surface area (Å²) in [6, 6.07) is 18.6. The number of carboxylic acids is 1. The number of rotatable bonds is 6. The van der Waals surface area contributed by atoms with Crippen molar-refractivity contribution >= 4 is 23.1 Å². The van der Waals surface area contributed by atoms with Crippen molar-refractivity contribution in [3.05, 3.63) is 89.7 Å². The molecule has 0 aliphatic heterocycles. The largest absolute Gasteiger partial charge is 0.480 e. The lowest BCUT2D eigenvalue weighted by molar-refractivity contribution is -0.139. The van der Waals surface area contributed by atoms with E-state index in [1.54, 1.807) is 18.5 Å². The van der Waals surface area contributed by atoms with Gasteiger partial charge in [-0.1, -0.05) is 48.5 Å². The molecular weight excluding hydrogens is 406 g/mol. The average Bonchev–Trinajstić information content (AvgIpc) is 3.36. The van der Waals surface area contributed by atoms with Crippen LogP contribution >= 0.6 is 0 Å². The molecule has 1 atom stereocenters. The number of hydrogen-bond donors (Lipinski definition) is 3. The summed E-state index contributed by atoms with van der Waals surface area (Å²) in [5.41, 5.74) is 5.90. The fraction of sp³-hybridized carbons (Fsp3) is 0.160. The van der Waals surface area contributed by atoms with E-state index in [1.807, 2.05) is 42.5 Å². The zero-order chi connectivity index (χ0) is 22.1. The van der Waals surface area contributed by atoms with Crippen molar-refractivity contribution in [3.8, 4) is 11.1 Å². The van der Waals surface area contributed by atoms with Gasteiger partial charge in [0.1, 0.15) is 18.3 Å². The summed E-state index contributed by atoms with van der Waals surface area (Å²) in [5, 5.41) is 13.0. The highest BCUT2D eigenvalue weighted by molar-refractivity contribution is 5.84. The fourth-order valence-electron chi connectivity index (χ4n) is 4.38. The van der Waals surface area contributed by atoms with Gasteiger partial charge < -0.3 is 20.1 Å². The number of amides is 1. The van der Waals surface area contributed by atoms with Crippen LogP contribution < -0.4 is 5.32 Å². The van der Waals surface area contributed by atoms with E-state index in [2.05, 4.69) is 27.4 Å². The van der Waals surface area contributed by atoms with Crippen LogP contribution in [0.5, 0.6) is 0 Å². The quantitative estimate of drug-likeness (QED) is 0.430. The number of pyridine rings is 1. The van der Waals surface area contributed by atoms with Crippen LogP contribution in [0.15, 0.2) is 73.1 Å². The predicted octanol–water partition coefficient (Wildman–Crippen LogP) is 4.10. The van der Waals surface area contributed by atoms with Crippen LogP contribution in [0.4, 0.5) is 4.79 Å². The zero-order valence-electron chi connectivity index (χ0n) is 17.1. The molecule has 32 heavy (non-hydrogen) atoms. The topological polar surface area (TPSA) is 104 Å². The number of alkyl carbamates (subject to hydrolysis) is 1. The van der Waals surface area contributed by atoms with Crippen molar-refractivity contribution in [3.63, 3.8) is 0 Å². The van der Waals surface area contributed by atoms with E-state index in [9.17, 15) is 14.7 Å². The maximum atomic E-state index is 12.5. The Morgan fingerprint density at radius 3 is 2.41 bits per heavy atom. The molecule has 7 heteroatoms. The van der Waals surface area contributed by atoms with Gasteiger partial charge in [0, 0.05) is 30.1 Å². The molecule has 3 N–H and O–H groups in total. The summed E-state index contributed by atoms with van der Waals surface area (Å²) in [7, 11) is 0. The normalized spacial score (nSPS) is 13.4. The first-order chi connectivity index (χ1) is 15.6. The van der Waals surface area contributed by atoms with E-state index in [-0.39, 0.29) is 18.9 Å². The minimum atomic E-state index is -1.13. The molecule has 5 rings (SSSR count). The van der Waals surface area contributed by atoms with Crippen LogP contribution in [0.3, 0.4) is 0 Å². The molecule has 2 heterocycles. The standard InChI is InChI=1S/C25H21N3O4/c29-24(30)22(12-15-13-27-23-16(15)10-5-11-26-23)28-25(31)32-14-21-19-8-3-1-6-17(19)18-7-2-4-9-20(18)21/h1-11,13,21-22H,12,14H2,(H,26,27)(H,28,31)(H,29,30). The number of aromatic amines is 1. The van der Waals surface area contributed by atoms with Gasteiger partial charge in [0.25, 0.3) is 0 Å². The van der Waals surface area contributed by atoms with Crippen molar-refractivity contribution < 1.29 is 19.4 Å². The molecule has 2 aromatic heterocycles. The molecular formula is C25H21N3O4. The monoisotopic (exact) mass is 427 g/mol. The summed E-state index contributed by atoms with van der Waals surface area (Å²) < 4.78 is 5.49. The van der Waals surface area contributed by atoms with Crippen molar-refractivity contribution in [1.82, 2.24) is 15.3 Å². The molecule has 0 spiro atoms. The molecule has 0 bridgehead atoms. The van der Waals surface area contributed by atoms with Gasteiger partial charge in [0.15, 0.2) is 0 Å². The Morgan fingerprint density at radius 2 is 1.72 bits per heavy atom. The van der Waals surface area contributed by atoms with Crippen molar-refractivity contribution in [2.45, 2.75) is 18.4 Å². The number of nitrogens with zero attached hydrogens (tertiary/aromatic N) is 1. The Labute approximate surface area is 184 Å². The number of hydrogen-bond acceptors (Lipinski definition) is 4. The van der Waals surface area contributed by atoms with Gasteiger partial charge in [0.2, 0.25) is 0 Å². The molecule has 1 amide bonds. The zero-order valence-corrected chi connectivity index (χ0v) is 17.1. The predicted molar refractivity (Wildman–Crippen MR) is 119 cm³/mol. The van der Waals surface area contributed by atoms with E-state index in [0.717, 1.165) is 33.2 Å². The Balaban J connectivity index is 1.28. The number of benzene rings is 2. The summed E-state index contributed by atoms with van der Waals surface area (Å²) in [6.45, 7) is 0.128. The van der Waals surface area contributed by atoms with E-state index >= 15 is 0 Å². The maximum absolute atomic E-state index is 12.5. The Bertz CT molecular complexity index is 1270. The molecule has 0 saturated heterocycles. The number of aliphatic carboxylic acids is 1. The van der Waals surface area contributed by atoms with E-state index < -0.39 is 18.1 Å². The van der Waals surface area contributed by atoms with Crippen LogP contribution in [0, 0.1) is 0 Å². The summed E-state index contributed by atoms with van der Waals surface area (Å²) >= 11 is 0. The smallest absolute Gasteiger partial charge is 0.407 e. The number of aromatic nitrogens is 2. The highest BCUT2D eigenvalue weighted by Gasteiger charge is 2.30. The molecule has 7 nitrogen and oxygen atoms in total. The number of H-pyrrole nitrogens is 1. The summed E-state index contributed by atoms with van der Waals surface area (Å²) in [4.78, 5) is 31.5. The van der Waals surface area contributed by atoms with Crippen LogP contribution in [-0.4, -0.2) is 39.8 Å². The van der Waals surface area contributed by atoms with Gasteiger partial charge in [0.05, 0.1) is 0 Å². The Morgan fingerprint density at radius 1 is 1.03 bits per heavy atom. The highest BCUT2D eigenvalue weighted by atomic mass is 16.5. The van der Waals surface area contributed by atoms with E-state index in [4.69, 9.17) is 4.74 Å². The third-order valence-corrected chi connectivity index (χ3v) is 5.89. The number of fused-ring (bicyclic) bond motifs is 4. The minimum Gasteiger partial charge on any atom is -0.480 e. The minimum absolute atomic E-state index is 0.0869. The molecule has 0 saturated carbocycles. The number of carbonyl (C=O) groups excluding carboxylic acids is 1. The van der Waals surface area contributed by atoms with Crippen LogP contribution in [-0.2, 0) is 16.0 Å². The van der Waals surface area contributed by atoms with Gasteiger partial charge in [-0.05, 0) is 39.9 Å². The number of ether oxygens (including phenoxy) is 1. The van der Waals surface area contributed by atoms with Crippen LogP contribution in [0.25, 0.3) is 22.2 Å². The first-order valence-electron chi connectivity index (χ1n) is 10.4. The molecule has 2 aromatic carbocycles. The molecule has 0 radical (unpaired) electrons. The first kappa shape index (κ1) is 19.8. The van der Waals surface area contributed by atoms with Crippen molar-refractivity contribution in [2.75, 3.05) is 6.61 Å². The molecule has 0 fully saturated rings. The van der Waals surface area contributed by atoms with Gasteiger partial charge in [-0.3, -0.25) is 0 Å². The summed E-state index contributed by atoms with van der Waals surface area (Å²) in [5.74, 6) is -1.21. The molecule has 1 unspecified atom stereocenters. The molecule has 160 valence electrons. The van der Waals surface area contributed by atoms with Gasteiger partial charge >= 0.3 is 12.1 Å². The van der Waals surface area contributed by atoms with Gasteiger partial charge in [-0.25, -0.2) is 14.6 Å². The third-order valence-electron chi connectivity index (χ3n) is 5.89. The molecule has 1 aliphatic rings. The van der Waals surface area contributed by atoms with Crippen molar-refractivity contribution in [2.24, 2.45) is 0 Å². The fourth-order valence-corrected chi connectivity index (χ4v) is 4.38. The molecule has 1 aliphatic carbocycles. The third kappa shape index (κ3) is 3.58. The summed E-state index contributed by atoms with van der Waals surface area (Å²) in [6.07, 6.45) is 2.74. The van der Waals surface area contributed by atoms with Crippen molar-refractivity contribution in [1.29, 1.82) is 0 Å². The second-order valence-corrected chi connectivity index (χ2v) is 7.78. The van der Waals surface area contributed by atoms with E-state index in [0.29, 0.717) is 5.65 Å². The SMILES string of the molecule is O=C(NC(Cc1c[nH]c2ncccc12)C(=O)O)OCC1c2ccccc2-c2ccccc21. The molecule has 4 aromatic rings. The lowest BCUT2D eigenvalue weighted by atomic mass is 9.98. The lowest BCUT2D eigenvalue weighted by Gasteiger charge is -2.17. The number of carbonyl (C=O) groups is 2. The maximum Gasteiger partial charge on any atom is 0.407 e. The average molecular weight is 427 g/mol. The Hall–Kier alpha value is -4.13. The lowest BCUT2D eigenvalue weighted by Crippen LogP contribution is -2.42. The van der Waals surface area contributed by atoms with Gasteiger partial charge in [-0.15, -0.1) is 0 Å². The Kier molecular flexibility index (Phi) is 5.07. The number of carboxylic acid groups (broad SMARTS) is 1. The number of nitrogens with one attached hydrogen (secondary N) is 2. The van der Waals surface area contributed by atoms with Crippen LogP contribution in [0.2, 0.25) is 0 Å².